The minimum atomic E-state index is -0.553. The van der Waals surface area contributed by atoms with Crippen LogP contribution in [-0.4, -0.2) is 42.3 Å². The number of nitrogens with zero attached hydrogens (tertiary/aromatic N) is 2. The molecule has 0 saturated heterocycles. The molecule has 0 saturated carbocycles. The van der Waals surface area contributed by atoms with Crippen LogP contribution in [0.4, 0.5) is 20.4 Å². The van der Waals surface area contributed by atoms with E-state index < -0.39 is 6.09 Å². The smallest absolute Gasteiger partial charge is 0.413 e. The number of carbonyl (C=O) groups excluding carboxylic acids is 2. The molecule has 2 N–H and O–H groups in total. The summed E-state index contributed by atoms with van der Waals surface area (Å²) in [5, 5.41) is 5.97. The molecule has 8 nitrogen and oxygen atoms in total. The Bertz CT molecular complexity index is 822. The van der Waals surface area contributed by atoms with E-state index >= 15 is 0 Å². The monoisotopic (exact) mass is 404 g/mol. The van der Waals surface area contributed by atoms with Gasteiger partial charge in [-0.15, -0.1) is 0 Å². The summed E-state index contributed by atoms with van der Waals surface area (Å²) < 4.78 is 10.2. The van der Waals surface area contributed by atoms with E-state index in [9.17, 15) is 9.59 Å². The maximum Gasteiger partial charge on any atom is 0.413 e. The third kappa shape index (κ3) is 5.13. The number of rotatable bonds is 6. The number of ether oxygens (including phenoxy) is 2. The van der Waals surface area contributed by atoms with Crippen LogP contribution in [0.1, 0.15) is 30.3 Å². The molecular weight excluding hydrogens is 380 g/mol. The Kier molecular flexibility index (Phi) is 6.70. The van der Waals surface area contributed by atoms with Crippen LogP contribution >= 0.6 is 11.3 Å². The lowest BCUT2D eigenvalue weighted by molar-refractivity contribution is 0.187. The van der Waals surface area contributed by atoms with Crippen molar-refractivity contribution in [3.8, 4) is 5.75 Å². The topological polar surface area (TPSA) is 92.8 Å². The summed E-state index contributed by atoms with van der Waals surface area (Å²) in [6, 6.07) is 7.21. The van der Waals surface area contributed by atoms with E-state index in [0.29, 0.717) is 31.2 Å². The van der Waals surface area contributed by atoms with Crippen molar-refractivity contribution in [3.05, 3.63) is 34.8 Å². The number of fused-ring (bicyclic) bond motifs is 1. The Labute approximate surface area is 167 Å². The van der Waals surface area contributed by atoms with Gasteiger partial charge in [0, 0.05) is 23.5 Å². The number of thiazole rings is 1. The fraction of sp³-hybridized carbons (Fsp3) is 0.421. The minimum Gasteiger partial charge on any atom is -0.494 e. The second-order valence-corrected chi connectivity index (χ2v) is 7.42. The van der Waals surface area contributed by atoms with Crippen LogP contribution in [0.2, 0.25) is 0 Å². The van der Waals surface area contributed by atoms with E-state index in [1.165, 1.54) is 18.4 Å². The molecule has 0 aliphatic carbocycles. The lowest BCUT2D eigenvalue weighted by Crippen LogP contribution is -2.38. The number of methoxy groups -OCH3 is 1. The standard InChI is InChI=1S/C19H24N4O4S/c1-3-4-11-27-14-7-5-13(6-8-14)20-18(24)23-10-9-15-16(12-23)28-17(21-15)22-19(25)26-2/h5-8H,3-4,9-12H2,1-2H3,(H,20,24)(H,21,22,25). The Hall–Kier alpha value is -2.81. The summed E-state index contributed by atoms with van der Waals surface area (Å²) in [7, 11) is 1.30. The number of hydrogen-bond donors (Lipinski definition) is 2. The van der Waals surface area contributed by atoms with Crippen LogP contribution in [0.15, 0.2) is 24.3 Å². The average Bonchev–Trinajstić information content (AvgIpc) is 3.10. The molecule has 0 spiro atoms. The Morgan fingerprint density at radius 2 is 2.04 bits per heavy atom. The zero-order valence-corrected chi connectivity index (χ0v) is 16.8. The largest absolute Gasteiger partial charge is 0.494 e. The van der Waals surface area contributed by atoms with Gasteiger partial charge in [-0.05, 0) is 30.7 Å². The van der Waals surface area contributed by atoms with Gasteiger partial charge in [-0.25, -0.2) is 14.6 Å². The van der Waals surface area contributed by atoms with Crippen LogP contribution in [0.3, 0.4) is 0 Å². The van der Waals surface area contributed by atoms with Crippen LogP contribution < -0.4 is 15.4 Å². The maximum absolute atomic E-state index is 12.6. The number of nitrogens with one attached hydrogen (secondary N) is 2. The molecule has 0 fully saturated rings. The van der Waals surface area contributed by atoms with Crippen LogP contribution in [0, 0.1) is 0 Å². The zero-order valence-electron chi connectivity index (χ0n) is 16.0. The number of amides is 3. The van der Waals surface area contributed by atoms with E-state index in [-0.39, 0.29) is 6.03 Å². The van der Waals surface area contributed by atoms with Gasteiger partial charge in [0.2, 0.25) is 0 Å². The molecule has 1 aromatic heterocycles. The fourth-order valence-electron chi connectivity index (χ4n) is 2.73. The molecule has 1 aliphatic rings. The predicted octanol–water partition coefficient (Wildman–Crippen LogP) is 4.09. The SMILES string of the molecule is CCCCOc1ccc(NC(=O)N2CCc3nc(NC(=O)OC)sc3C2)cc1. The van der Waals surface area contributed by atoms with E-state index in [1.54, 1.807) is 4.90 Å². The van der Waals surface area contributed by atoms with Gasteiger partial charge >= 0.3 is 12.1 Å². The van der Waals surface area contributed by atoms with Gasteiger partial charge in [0.15, 0.2) is 5.13 Å². The van der Waals surface area contributed by atoms with Crippen molar-refractivity contribution >= 4 is 34.3 Å². The first kappa shape index (κ1) is 19.9. The van der Waals surface area contributed by atoms with E-state index in [2.05, 4.69) is 27.3 Å². The van der Waals surface area contributed by atoms with Gasteiger partial charge in [-0.2, -0.15) is 0 Å². The van der Waals surface area contributed by atoms with E-state index in [1.807, 2.05) is 24.3 Å². The second-order valence-electron chi connectivity index (χ2n) is 6.33. The first-order chi connectivity index (χ1) is 13.6. The van der Waals surface area contributed by atoms with Gasteiger partial charge in [-0.1, -0.05) is 24.7 Å². The zero-order chi connectivity index (χ0) is 19.9. The lowest BCUT2D eigenvalue weighted by atomic mass is 10.2. The van der Waals surface area contributed by atoms with Gasteiger partial charge in [0.25, 0.3) is 0 Å². The lowest BCUT2D eigenvalue weighted by Gasteiger charge is -2.26. The Balaban J connectivity index is 1.55. The highest BCUT2D eigenvalue weighted by Gasteiger charge is 2.24. The normalized spacial score (nSPS) is 12.9. The summed E-state index contributed by atoms with van der Waals surface area (Å²) in [4.78, 5) is 31.0. The van der Waals surface area contributed by atoms with Crippen molar-refractivity contribution in [3.63, 3.8) is 0 Å². The van der Waals surface area contributed by atoms with Crippen molar-refractivity contribution in [1.82, 2.24) is 9.88 Å². The molecule has 28 heavy (non-hydrogen) atoms. The van der Waals surface area contributed by atoms with Gasteiger partial charge in [-0.3, -0.25) is 5.32 Å². The number of urea groups is 1. The predicted molar refractivity (Wildman–Crippen MR) is 108 cm³/mol. The van der Waals surface area contributed by atoms with E-state index in [4.69, 9.17) is 4.74 Å². The van der Waals surface area contributed by atoms with Crippen molar-refractivity contribution < 1.29 is 19.1 Å². The molecular formula is C19H24N4O4S. The summed E-state index contributed by atoms with van der Waals surface area (Å²) in [6.07, 6.45) is 2.20. The van der Waals surface area contributed by atoms with Crippen molar-refractivity contribution in [2.45, 2.75) is 32.7 Å². The van der Waals surface area contributed by atoms with Gasteiger partial charge in [0.05, 0.1) is 26.0 Å². The van der Waals surface area contributed by atoms with Crippen LogP contribution in [-0.2, 0) is 17.7 Å². The molecule has 0 atom stereocenters. The fourth-order valence-corrected chi connectivity index (χ4v) is 3.74. The molecule has 0 unspecified atom stereocenters. The molecule has 0 radical (unpaired) electrons. The third-order valence-corrected chi connectivity index (χ3v) is 5.28. The molecule has 0 bridgehead atoms. The molecule has 150 valence electrons. The van der Waals surface area contributed by atoms with Crippen LogP contribution in [0.5, 0.6) is 5.75 Å². The highest BCUT2D eigenvalue weighted by Crippen LogP contribution is 2.28. The number of unbranched alkanes of at least 4 members (excludes halogenated alkanes) is 1. The minimum absolute atomic E-state index is 0.166. The highest BCUT2D eigenvalue weighted by molar-refractivity contribution is 7.15. The summed E-state index contributed by atoms with van der Waals surface area (Å²) in [5.41, 5.74) is 1.63. The number of hydrogen-bond acceptors (Lipinski definition) is 6. The number of benzene rings is 1. The van der Waals surface area contributed by atoms with Crippen LogP contribution in [0.25, 0.3) is 0 Å². The Morgan fingerprint density at radius 3 is 2.75 bits per heavy atom. The second kappa shape index (κ2) is 9.41. The highest BCUT2D eigenvalue weighted by atomic mass is 32.1. The molecule has 3 amide bonds. The molecule has 1 aromatic carbocycles. The van der Waals surface area contributed by atoms with E-state index in [0.717, 1.165) is 34.8 Å². The van der Waals surface area contributed by atoms with Crippen molar-refractivity contribution in [2.24, 2.45) is 0 Å². The Morgan fingerprint density at radius 1 is 1.25 bits per heavy atom. The first-order valence-corrected chi connectivity index (χ1v) is 10.0. The molecule has 2 aromatic rings. The summed E-state index contributed by atoms with van der Waals surface area (Å²) in [6.45, 7) is 3.84. The summed E-state index contributed by atoms with van der Waals surface area (Å²) in [5.74, 6) is 0.796. The molecule has 1 aliphatic heterocycles. The molecule has 2 heterocycles. The summed E-state index contributed by atoms with van der Waals surface area (Å²) >= 11 is 1.36. The number of carbonyl (C=O) groups is 2. The number of aromatic nitrogens is 1. The van der Waals surface area contributed by atoms with Crippen molar-refractivity contribution in [2.75, 3.05) is 30.9 Å². The van der Waals surface area contributed by atoms with Crippen molar-refractivity contribution in [1.29, 1.82) is 0 Å². The first-order valence-electron chi connectivity index (χ1n) is 9.21. The molecule has 3 rings (SSSR count). The van der Waals surface area contributed by atoms with Gasteiger partial charge in [0.1, 0.15) is 5.75 Å². The van der Waals surface area contributed by atoms with Gasteiger partial charge < -0.3 is 19.7 Å². The third-order valence-electron chi connectivity index (χ3n) is 4.29. The average molecular weight is 404 g/mol. The number of anilines is 2. The maximum atomic E-state index is 12.6. The molecule has 9 heteroatoms. The quantitative estimate of drug-likeness (QED) is 0.708.